The minimum atomic E-state index is -0.837. The largest absolute Gasteiger partial charge is 0.383 e. The fourth-order valence-electron chi connectivity index (χ4n) is 1.96. The SMILES string of the molecule is CC1=CC=C[C@H]2NC(=O)C(O)CC12. The van der Waals surface area contributed by atoms with E-state index in [-0.39, 0.29) is 17.9 Å². The number of piperidine rings is 1. The molecule has 0 aromatic rings. The Morgan fingerprint density at radius 1 is 1.62 bits per heavy atom. The van der Waals surface area contributed by atoms with Crippen molar-refractivity contribution in [2.45, 2.75) is 25.5 Å². The Morgan fingerprint density at radius 3 is 3.15 bits per heavy atom. The lowest BCUT2D eigenvalue weighted by molar-refractivity contribution is -0.133. The third kappa shape index (κ3) is 1.40. The van der Waals surface area contributed by atoms with Crippen molar-refractivity contribution in [1.82, 2.24) is 5.32 Å². The summed E-state index contributed by atoms with van der Waals surface area (Å²) >= 11 is 0. The molecule has 0 spiro atoms. The van der Waals surface area contributed by atoms with Crippen LogP contribution in [0.2, 0.25) is 0 Å². The van der Waals surface area contributed by atoms with Gasteiger partial charge in [-0.15, -0.1) is 0 Å². The van der Waals surface area contributed by atoms with Crippen molar-refractivity contribution < 1.29 is 9.90 Å². The summed E-state index contributed by atoms with van der Waals surface area (Å²) in [7, 11) is 0. The van der Waals surface area contributed by atoms with Gasteiger partial charge in [-0.05, 0) is 13.3 Å². The molecule has 13 heavy (non-hydrogen) atoms. The first-order chi connectivity index (χ1) is 6.18. The highest BCUT2D eigenvalue weighted by Gasteiger charge is 2.34. The number of carbonyl (C=O) groups is 1. The molecule has 2 aliphatic rings. The lowest BCUT2D eigenvalue weighted by Crippen LogP contribution is -2.51. The molecule has 0 saturated carbocycles. The molecule has 2 unspecified atom stereocenters. The summed E-state index contributed by atoms with van der Waals surface area (Å²) in [6.45, 7) is 2.03. The van der Waals surface area contributed by atoms with E-state index in [2.05, 4.69) is 5.32 Å². The third-order valence-corrected chi connectivity index (χ3v) is 2.78. The fraction of sp³-hybridized carbons (Fsp3) is 0.500. The van der Waals surface area contributed by atoms with E-state index >= 15 is 0 Å². The highest BCUT2D eigenvalue weighted by Crippen LogP contribution is 2.28. The van der Waals surface area contributed by atoms with E-state index in [1.165, 1.54) is 5.57 Å². The molecule has 1 heterocycles. The normalized spacial score (nSPS) is 37.8. The molecule has 70 valence electrons. The highest BCUT2D eigenvalue weighted by atomic mass is 16.3. The number of hydrogen-bond acceptors (Lipinski definition) is 2. The number of rotatable bonds is 0. The second kappa shape index (κ2) is 3.00. The van der Waals surface area contributed by atoms with Gasteiger partial charge >= 0.3 is 0 Å². The van der Waals surface area contributed by atoms with Gasteiger partial charge in [0.25, 0.3) is 0 Å². The third-order valence-electron chi connectivity index (χ3n) is 2.78. The molecular weight excluding hydrogens is 166 g/mol. The maximum absolute atomic E-state index is 11.1. The average molecular weight is 179 g/mol. The number of allylic oxidation sites excluding steroid dienone is 2. The minimum Gasteiger partial charge on any atom is -0.383 e. The van der Waals surface area contributed by atoms with Gasteiger partial charge in [-0.1, -0.05) is 23.8 Å². The second-order valence-electron chi connectivity index (χ2n) is 3.69. The molecule has 3 atom stereocenters. The zero-order chi connectivity index (χ0) is 9.42. The van der Waals surface area contributed by atoms with E-state index in [0.717, 1.165) is 0 Å². The lowest BCUT2D eigenvalue weighted by Gasteiger charge is -2.35. The van der Waals surface area contributed by atoms with Gasteiger partial charge in [-0.25, -0.2) is 0 Å². The van der Waals surface area contributed by atoms with Gasteiger partial charge < -0.3 is 10.4 Å². The fourth-order valence-corrected chi connectivity index (χ4v) is 1.96. The van der Waals surface area contributed by atoms with Crippen LogP contribution in [-0.4, -0.2) is 23.2 Å². The molecule has 1 amide bonds. The van der Waals surface area contributed by atoms with Gasteiger partial charge in [0.2, 0.25) is 5.91 Å². The Labute approximate surface area is 77.1 Å². The molecule has 3 heteroatoms. The summed E-state index contributed by atoms with van der Waals surface area (Å²) < 4.78 is 0. The van der Waals surface area contributed by atoms with Gasteiger partial charge in [0.1, 0.15) is 6.10 Å². The summed E-state index contributed by atoms with van der Waals surface area (Å²) in [5, 5.41) is 12.2. The smallest absolute Gasteiger partial charge is 0.249 e. The maximum atomic E-state index is 11.1. The summed E-state index contributed by atoms with van der Waals surface area (Å²) in [4.78, 5) is 11.1. The summed E-state index contributed by atoms with van der Waals surface area (Å²) in [6.07, 6.45) is 5.67. The minimum absolute atomic E-state index is 0.0842. The zero-order valence-electron chi connectivity index (χ0n) is 7.53. The maximum Gasteiger partial charge on any atom is 0.249 e. The Kier molecular flexibility index (Phi) is 1.96. The predicted molar refractivity (Wildman–Crippen MR) is 48.9 cm³/mol. The number of amides is 1. The first kappa shape index (κ1) is 8.51. The molecule has 1 saturated heterocycles. The molecule has 0 bridgehead atoms. The molecule has 1 aliphatic heterocycles. The van der Waals surface area contributed by atoms with Crippen molar-refractivity contribution in [3.05, 3.63) is 23.8 Å². The number of hydrogen-bond donors (Lipinski definition) is 2. The van der Waals surface area contributed by atoms with Gasteiger partial charge in [0.15, 0.2) is 0 Å². The molecular formula is C10H13NO2. The van der Waals surface area contributed by atoms with E-state index in [1.807, 2.05) is 25.2 Å². The Morgan fingerprint density at radius 2 is 2.38 bits per heavy atom. The molecule has 1 aliphatic carbocycles. The topological polar surface area (TPSA) is 49.3 Å². The van der Waals surface area contributed by atoms with Crippen LogP contribution in [0.4, 0.5) is 0 Å². The molecule has 1 fully saturated rings. The Hall–Kier alpha value is -1.09. The van der Waals surface area contributed by atoms with Gasteiger partial charge in [0, 0.05) is 5.92 Å². The van der Waals surface area contributed by atoms with E-state index in [4.69, 9.17) is 0 Å². The Balaban J connectivity index is 2.20. The van der Waals surface area contributed by atoms with Crippen LogP contribution in [0, 0.1) is 5.92 Å². The van der Waals surface area contributed by atoms with Crippen molar-refractivity contribution >= 4 is 5.91 Å². The second-order valence-corrected chi connectivity index (χ2v) is 3.69. The lowest BCUT2D eigenvalue weighted by atomic mass is 9.81. The van der Waals surface area contributed by atoms with Gasteiger partial charge in [-0.3, -0.25) is 4.79 Å². The molecule has 0 aromatic carbocycles. The van der Waals surface area contributed by atoms with Crippen molar-refractivity contribution in [2.75, 3.05) is 0 Å². The van der Waals surface area contributed by atoms with E-state index in [9.17, 15) is 9.90 Å². The van der Waals surface area contributed by atoms with Crippen molar-refractivity contribution in [1.29, 1.82) is 0 Å². The van der Waals surface area contributed by atoms with Gasteiger partial charge in [-0.2, -0.15) is 0 Å². The first-order valence-corrected chi connectivity index (χ1v) is 4.52. The zero-order valence-corrected chi connectivity index (χ0v) is 7.53. The number of fused-ring (bicyclic) bond motifs is 1. The van der Waals surface area contributed by atoms with Crippen LogP contribution >= 0.6 is 0 Å². The molecule has 3 nitrogen and oxygen atoms in total. The Bertz CT molecular complexity index is 293. The van der Waals surface area contributed by atoms with E-state index in [0.29, 0.717) is 6.42 Å². The van der Waals surface area contributed by atoms with Gasteiger partial charge in [0.05, 0.1) is 6.04 Å². The molecule has 0 aromatic heterocycles. The summed E-state index contributed by atoms with van der Waals surface area (Å²) in [5.41, 5.74) is 1.23. The number of aliphatic hydroxyl groups is 1. The van der Waals surface area contributed by atoms with Crippen LogP contribution in [0.15, 0.2) is 23.8 Å². The van der Waals surface area contributed by atoms with Crippen LogP contribution in [0.3, 0.4) is 0 Å². The monoisotopic (exact) mass is 179 g/mol. The first-order valence-electron chi connectivity index (χ1n) is 4.52. The predicted octanol–water partition coefficient (Wildman–Crippen LogP) is 0.368. The molecule has 0 radical (unpaired) electrons. The molecule has 2 rings (SSSR count). The van der Waals surface area contributed by atoms with Crippen LogP contribution < -0.4 is 5.32 Å². The van der Waals surface area contributed by atoms with Crippen molar-refractivity contribution in [3.63, 3.8) is 0 Å². The summed E-state index contributed by atoms with van der Waals surface area (Å²) in [5.74, 6) is 0.0262. The van der Waals surface area contributed by atoms with E-state index < -0.39 is 6.10 Å². The van der Waals surface area contributed by atoms with Crippen LogP contribution in [0.5, 0.6) is 0 Å². The van der Waals surface area contributed by atoms with E-state index in [1.54, 1.807) is 0 Å². The van der Waals surface area contributed by atoms with Crippen molar-refractivity contribution in [2.24, 2.45) is 5.92 Å². The highest BCUT2D eigenvalue weighted by molar-refractivity contribution is 5.82. The quantitative estimate of drug-likeness (QED) is 0.564. The average Bonchev–Trinajstić information content (AvgIpc) is 2.09. The number of aliphatic hydroxyl groups excluding tert-OH is 1. The van der Waals surface area contributed by atoms with Crippen LogP contribution in [-0.2, 0) is 4.79 Å². The van der Waals surface area contributed by atoms with Crippen molar-refractivity contribution in [3.8, 4) is 0 Å². The standard InChI is InChI=1S/C10H13NO2/c1-6-3-2-4-8-7(6)5-9(12)10(13)11-8/h2-4,7-9,12H,5H2,1H3,(H,11,13)/t7?,8-,9?/m1/s1. The number of carbonyl (C=O) groups excluding carboxylic acids is 1. The van der Waals surface area contributed by atoms with Crippen LogP contribution in [0.25, 0.3) is 0 Å². The van der Waals surface area contributed by atoms with Crippen LogP contribution in [0.1, 0.15) is 13.3 Å². The summed E-state index contributed by atoms with van der Waals surface area (Å²) in [6, 6.07) is 0.0842. The number of nitrogens with one attached hydrogen (secondary N) is 1. The molecule has 2 N–H and O–H groups in total.